The largest absolute Gasteiger partial charge is 0.453 e. The lowest BCUT2D eigenvalue weighted by molar-refractivity contribution is -0.137. The summed E-state index contributed by atoms with van der Waals surface area (Å²) in [6.45, 7) is 2.79. The Hall–Kier alpha value is -1.31. The fraction of sp³-hybridized carbons (Fsp3) is 0.846. The molecule has 2 amide bonds. The topological polar surface area (TPSA) is 84.0 Å². The quantitative estimate of drug-likeness (QED) is 0.745. The SMILES string of the molecule is CCN(C(=O)C1CCCN1C(=O)OC)C1CCS(=O)(=O)C1. The summed E-state index contributed by atoms with van der Waals surface area (Å²) in [6.07, 6.45) is 1.34. The van der Waals surface area contributed by atoms with Crippen LogP contribution in [0.1, 0.15) is 26.2 Å². The number of nitrogens with zero attached hydrogens (tertiary/aromatic N) is 2. The molecular formula is C13H22N2O5S. The third kappa shape index (κ3) is 3.30. The van der Waals surface area contributed by atoms with Crippen LogP contribution in [0.3, 0.4) is 0 Å². The van der Waals surface area contributed by atoms with Crippen LogP contribution in [-0.4, -0.2) is 74.0 Å². The van der Waals surface area contributed by atoms with Crippen molar-refractivity contribution in [1.29, 1.82) is 0 Å². The van der Waals surface area contributed by atoms with Crippen LogP contribution in [0.4, 0.5) is 4.79 Å². The van der Waals surface area contributed by atoms with E-state index < -0.39 is 22.0 Å². The van der Waals surface area contributed by atoms with Crippen molar-refractivity contribution < 1.29 is 22.7 Å². The molecule has 2 fully saturated rings. The number of likely N-dealkylation sites (tertiary alicyclic amines) is 1. The van der Waals surface area contributed by atoms with Gasteiger partial charge < -0.3 is 9.64 Å². The van der Waals surface area contributed by atoms with Crippen LogP contribution in [0.15, 0.2) is 0 Å². The van der Waals surface area contributed by atoms with Crippen LogP contribution < -0.4 is 0 Å². The van der Waals surface area contributed by atoms with Crippen molar-refractivity contribution >= 4 is 21.8 Å². The number of rotatable bonds is 3. The Morgan fingerprint density at radius 1 is 1.33 bits per heavy atom. The molecule has 0 spiro atoms. The zero-order valence-electron chi connectivity index (χ0n) is 12.4. The highest BCUT2D eigenvalue weighted by atomic mass is 32.2. The lowest BCUT2D eigenvalue weighted by Gasteiger charge is -2.32. The summed E-state index contributed by atoms with van der Waals surface area (Å²) in [4.78, 5) is 27.4. The van der Waals surface area contributed by atoms with Gasteiger partial charge in [-0.2, -0.15) is 0 Å². The molecular weight excluding hydrogens is 296 g/mol. The first-order valence-corrected chi connectivity index (χ1v) is 9.07. The second kappa shape index (κ2) is 6.21. The van der Waals surface area contributed by atoms with Crippen molar-refractivity contribution in [3.63, 3.8) is 0 Å². The number of carbonyl (C=O) groups is 2. The molecule has 2 unspecified atom stereocenters. The van der Waals surface area contributed by atoms with Gasteiger partial charge in [-0.15, -0.1) is 0 Å². The van der Waals surface area contributed by atoms with Gasteiger partial charge in [-0.25, -0.2) is 13.2 Å². The lowest BCUT2D eigenvalue weighted by Crippen LogP contribution is -2.51. The van der Waals surface area contributed by atoms with E-state index in [0.29, 0.717) is 25.9 Å². The van der Waals surface area contributed by atoms with Gasteiger partial charge >= 0.3 is 6.09 Å². The molecule has 0 aromatic carbocycles. The highest BCUT2D eigenvalue weighted by Gasteiger charge is 2.41. The van der Waals surface area contributed by atoms with E-state index in [4.69, 9.17) is 4.74 Å². The van der Waals surface area contributed by atoms with Gasteiger partial charge in [0, 0.05) is 19.1 Å². The monoisotopic (exact) mass is 318 g/mol. The molecule has 0 aromatic rings. The minimum Gasteiger partial charge on any atom is -0.453 e. The highest BCUT2D eigenvalue weighted by molar-refractivity contribution is 7.91. The molecule has 0 N–H and O–H groups in total. The van der Waals surface area contributed by atoms with Gasteiger partial charge in [0.2, 0.25) is 5.91 Å². The fourth-order valence-corrected chi connectivity index (χ4v) is 4.90. The zero-order chi connectivity index (χ0) is 15.6. The van der Waals surface area contributed by atoms with Crippen molar-refractivity contribution in [2.24, 2.45) is 0 Å². The van der Waals surface area contributed by atoms with Crippen molar-refractivity contribution in [2.45, 2.75) is 38.3 Å². The minimum atomic E-state index is -3.04. The highest BCUT2D eigenvalue weighted by Crippen LogP contribution is 2.24. The van der Waals surface area contributed by atoms with E-state index in [0.717, 1.165) is 6.42 Å². The number of methoxy groups -OCH3 is 1. The maximum atomic E-state index is 12.7. The molecule has 21 heavy (non-hydrogen) atoms. The average molecular weight is 318 g/mol. The molecule has 2 aliphatic heterocycles. The van der Waals surface area contributed by atoms with Gasteiger partial charge in [0.05, 0.1) is 18.6 Å². The molecule has 8 heteroatoms. The molecule has 0 saturated carbocycles. The number of amides is 2. The molecule has 2 heterocycles. The predicted molar refractivity (Wildman–Crippen MR) is 76.6 cm³/mol. The first-order chi connectivity index (χ1) is 9.89. The van der Waals surface area contributed by atoms with Gasteiger partial charge in [-0.3, -0.25) is 9.69 Å². The summed E-state index contributed by atoms with van der Waals surface area (Å²) in [6, 6.07) is -0.798. The number of hydrogen-bond donors (Lipinski definition) is 0. The van der Waals surface area contributed by atoms with Crippen molar-refractivity contribution in [3.05, 3.63) is 0 Å². The summed E-state index contributed by atoms with van der Waals surface area (Å²) in [5.41, 5.74) is 0. The Bertz CT molecular complexity index is 519. The van der Waals surface area contributed by atoms with Gasteiger partial charge in [0.1, 0.15) is 6.04 Å². The number of likely N-dealkylation sites (N-methyl/N-ethyl adjacent to an activating group) is 1. The van der Waals surface area contributed by atoms with Crippen LogP contribution >= 0.6 is 0 Å². The lowest BCUT2D eigenvalue weighted by atomic mass is 10.1. The predicted octanol–water partition coefficient (Wildman–Crippen LogP) is 0.253. The molecule has 2 atom stereocenters. The van der Waals surface area contributed by atoms with Crippen LogP contribution in [0.5, 0.6) is 0 Å². The van der Waals surface area contributed by atoms with Gasteiger partial charge in [0.15, 0.2) is 9.84 Å². The Labute approximate surface area is 125 Å². The van der Waals surface area contributed by atoms with E-state index in [-0.39, 0.29) is 23.5 Å². The van der Waals surface area contributed by atoms with E-state index in [1.54, 1.807) is 4.90 Å². The van der Waals surface area contributed by atoms with Crippen molar-refractivity contribution in [3.8, 4) is 0 Å². The Morgan fingerprint density at radius 3 is 2.57 bits per heavy atom. The van der Waals surface area contributed by atoms with Crippen LogP contribution in [0.25, 0.3) is 0 Å². The number of hydrogen-bond acceptors (Lipinski definition) is 5. The minimum absolute atomic E-state index is 0.0253. The molecule has 2 saturated heterocycles. The summed E-state index contributed by atoms with van der Waals surface area (Å²) < 4.78 is 27.9. The second-order valence-electron chi connectivity index (χ2n) is 5.50. The average Bonchev–Trinajstić information content (AvgIpc) is 3.05. The third-order valence-corrected chi connectivity index (χ3v) is 5.97. The first kappa shape index (κ1) is 16.1. The van der Waals surface area contributed by atoms with Crippen LogP contribution in [0.2, 0.25) is 0 Å². The van der Waals surface area contributed by atoms with E-state index >= 15 is 0 Å². The number of ether oxygens (including phenoxy) is 1. The van der Waals surface area contributed by atoms with E-state index in [2.05, 4.69) is 0 Å². The molecule has 0 bridgehead atoms. The van der Waals surface area contributed by atoms with E-state index in [1.165, 1.54) is 12.0 Å². The standard InChI is InChI=1S/C13H22N2O5S/c1-3-14(10-6-8-21(18,19)9-10)12(16)11-5-4-7-15(11)13(17)20-2/h10-11H,3-9H2,1-2H3. The summed E-state index contributed by atoms with van der Waals surface area (Å²) in [7, 11) is -1.75. The summed E-state index contributed by atoms with van der Waals surface area (Å²) in [5, 5.41) is 0. The maximum absolute atomic E-state index is 12.7. The maximum Gasteiger partial charge on any atom is 0.410 e. The molecule has 0 aliphatic carbocycles. The normalized spacial score (nSPS) is 27.6. The molecule has 2 aliphatic rings. The van der Waals surface area contributed by atoms with Crippen molar-refractivity contribution in [2.75, 3.05) is 31.7 Å². The van der Waals surface area contributed by atoms with Crippen molar-refractivity contribution in [1.82, 2.24) is 9.80 Å². The Balaban J connectivity index is 2.11. The van der Waals surface area contributed by atoms with E-state index in [1.807, 2.05) is 6.92 Å². The number of carbonyl (C=O) groups excluding carboxylic acids is 2. The third-order valence-electron chi connectivity index (χ3n) is 4.22. The zero-order valence-corrected chi connectivity index (χ0v) is 13.3. The molecule has 0 aromatic heterocycles. The Kier molecular flexibility index (Phi) is 4.75. The fourth-order valence-electron chi connectivity index (χ4n) is 3.17. The van der Waals surface area contributed by atoms with Gasteiger partial charge in [-0.1, -0.05) is 0 Å². The molecule has 120 valence electrons. The smallest absolute Gasteiger partial charge is 0.410 e. The Morgan fingerprint density at radius 2 is 2.05 bits per heavy atom. The second-order valence-corrected chi connectivity index (χ2v) is 7.73. The summed E-state index contributed by atoms with van der Waals surface area (Å²) >= 11 is 0. The van der Waals surface area contributed by atoms with Gasteiger partial charge in [0.25, 0.3) is 0 Å². The van der Waals surface area contributed by atoms with Crippen LogP contribution in [0, 0.1) is 0 Å². The van der Waals surface area contributed by atoms with Crippen LogP contribution in [-0.2, 0) is 19.4 Å². The number of sulfone groups is 1. The van der Waals surface area contributed by atoms with E-state index in [9.17, 15) is 18.0 Å². The summed E-state index contributed by atoms with van der Waals surface area (Å²) in [5.74, 6) is -0.00726. The molecule has 7 nitrogen and oxygen atoms in total. The van der Waals surface area contributed by atoms with Gasteiger partial charge in [-0.05, 0) is 26.2 Å². The molecule has 2 rings (SSSR count). The molecule has 0 radical (unpaired) electrons. The first-order valence-electron chi connectivity index (χ1n) is 7.25.